The normalized spacial score (nSPS) is 21.7. The van der Waals surface area contributed by atoms with Crippen molar-refractivity contribution in [3.63, 3.8) is 0 Å². The number of rotatable bonds is 3. The number of carbonyl (C=O) groups is 2. The Bertz CT molecular complexity index is 1100. The molecule has 0 aliphatic carbocycles. The van der Waals surface area contributed by atoms with Crippen LogP contribution >= 0.6 is 0 Å². The van der Waals surface area contributed by atoms with Crippen molar-refractivity contribution in [2.75, 3.05) is 13.1 Å². The fourth-order valence-corrected chi connectivity index (χ4v) is 4.87. The van der Waals surface area contributed by atoms with E-state index in [0.717, 1.165) is 11.1 Å². The van der Waals surface area contributed by atoms with Gasteiger partial charge < -0.3 is 14.7 Å². The molecule has 1 N–H and O–H groups in total. The molecule has 2 saturated heterocycles. The van der Waals surface area contributed by atoms with E-state index < -0.39 is 35.7 Å². The van der Waals surface area contributed by atoms with Crippen molar-refractivity contribution in [3.8, 4) is 0 Å². The first-order valence-electron chi connectivity index (χ1n) is 10.4. The van der Waals surface area contributed by atoms with Crippen molar-refractivity contribution >= 4 is 12.2 Å². The summed E-state index contributed by atoms with van der Waals surface area (Å²) in [5.74, 6) is -0.400. The van der Waals surface area contributed by atoms with Gasteiger partial charge in [0.1, 0.15) is 11.9 Å². The first-order chi connectivity index (χ1) is 15.5. The molecule has 2 aliphatic heterocycles. The molecule has 0 saturated carbocycles. The molecule has 5 rings (SSSR count). The molecule has 2 atom stereocenters. The van der Waals surface area contributed by atoms with E-state index in [0.29, 0.717) is 5.56 Å². The van der Waals surface area contributed by atoms with Gasteiger partial charge in [-0.05, 0) is 17.7 Å². The SMILES string of the molecule is O=C(O)N1CC(c2ccc(F)cc2)N2C(=O)OC(c3ccccc3)(c3ccccc3)C2C1. The van der Waals surface area contributed by atoms with Gasteiger partial charge in [0.25, 0.3) is 0 Å². The van der Waals surface area contributed by atoms with Gasteiger partial charge in [0, 0.05) is 24.2 Å². The van der Waals surface area contributed by atoms with Crippen LogP contribution in [-0.2, 0) is 10.3 Å². The Balaban J connectivity index is 1.70. The third-order valence-electron chi connectivity index (χ3n) is 6.32. The van der Waals surface area contributed by atoms with E-state index in [1.54, 1.807) is 17.0 Å². The van der Waals surface area contributed by atoms with Crippen LogP contribution in [0.15, 0.2) is 84.9 Å². The Morgan fingerprint density at radius 1 is 0.906 bits per heavy atom. The summed E-state index contributed by atoms with van der Waals surface area (Å²) in [7, 11) is 0. The molecule has 3 aromatic rings. The number of cyclic esters (lactones) is 1. The lowest BCUT2D eigenvalue weighted by molar-refractivity contribution is 0.0281. The Hall–Kier alpha value is -3.87. The van der Waals surface area contributed by atoms with E-state index in [9.17, 15) is 19.1 Å². The highest BCUT2D eigenvalue weighted by molar-refractivity contribution is 5.76. The minimum atomic E-state index is -1.19. The third-order valence-corrected chi connectivity index (χ3v) is 6.32. The summed E-state index contributed by atoms with van der Waals surface area (Å²) >= 11 is 0. The van der Waals surface area contributed by atoms with Gasteiger partial charge in [0.05, 0.1) is 6.04 Å². The highest BCUT2D eigenvalue weighted by atomic mass is 19.1. The zero-order valence-electron chi connectivity index (χ0n) is 17.1. The second kappa shape index (κ2) is 7.67. The molecule has 0 spiro atoms. The van der Waals surface area contributed by atoms with E-state index in [4.69, 9.17) is 4.74 Å². The first-order valence-corrected chi connectivity index (χ1v) is 10.4. The second-order valence-electron chi connectivity index (χ2n) is 8.01. The maximum Gasteiger partial charge on any atom is 0.412 e. The highest BCUT2D eigenvalue weighted by Crippen LogP contribution is 2.49. The van der Waals surface area contributed by atoms with Crippen LogP contribution in [0.2, 0.25) is 0 Å². The number of fused-ring (bicyclic) bond motifs is 1. The van der Waals surface area contributed by atoms with Crippen LogP contribution in [0.4, 0.5) is 14.0 Å². The van der Waals surface area contributed by atoms with Gasteiger partial charge in [-0.2, -0.15) is 0 Å². The van der Waals surface area contributed by atoms with Gasteiger partial charge in [0.2, 0.25) is 0 Å². The van der Waals surface area contributed by atoms with Crippen LogP contribution in [0.25, 0.3) is 0 Å². The van der Waals surface area contributed by atoms with Crippen LogP contribution in [0.5, 0.6) is 0 Å². The zero-order valence-corrected chi connectivity index (χ0v) is 17.1. The van der Waals surface area contributed by atoms with Crippen molar-refractivity contribution in [3.05, 3.63) is 107 Å². The number of benzene rings is 3. The first kappa shape index (κ1) is 20.1. The number of piperazine rings is 1. The van der Waals surface area contributed by atoms with E-state index >= 15 is 0 Å². The number of hydrogen-bond donors (Lipinski definition) is 1. The molecular weight excluding hydrogens is 411 g/mol. The average molecular weight is 432 g/mol. The third kappa shape index (κ3) is 3.09. The monoisotopic (exact) mass is 432 g/mol. The number of nitrogens with zero attached hydrogens (tertiary/aromatic N) is 2. The van der Waals surface area contributed by atoms with Gasteiger partial charge >= 0.3 is 12.2 Å². The van der Waals surface area contributed by atoms with Crippen LogP contribution in [0.1, 0.15) is 22.7 Å². The number of ether oxygens (including phenoxy) is 1. The molecule has 2 fully saturated rings. The largest absolute Gasteiger partial charge is 0.465 e. The highest BCUT2D eigenvalue weighted by Gasteiger charge is 2.60. The topological polar surface area (TPSA) is 70.1 Å². The quantitative estimate of drug-likeness (QED) is 0.656. The summed E-state index contributed by atoms with van der Waals surface area (Å²) in [6.45, 7) is 0.161. The number of halogens is 1. The summed E-state index contributed by atoms with van der Waals surface area (Å²) in [5.41, 5.74) is 0.983. The van der Waals surface area contributed by atoms with Gasteiger partial charge in [-0.25, -0.2) is 14.0 Å². The average Bonchev–Trinajstić information content (AvgIpc) is 3.13. The van der Waals surface area contributed by atoms with E-state index in [2.05, 4.69) is 0 Å². The molecule has 0 aromatic heterocycles. The lowest BCUT2D eigenvalue weighted by Crippen LogP contribution is -2.59. The van der Waals surface area contributed by atoms with Crippen molar-refractivity contribution in [2.24, 2.45) is 0 Å². The molecule has 32 heavy (non-hydrogen) atoms. The van der Waals surface area contributed by atoms with E-state index in [1.165, 1.54) is 17.0 Å². The summed E-state index contributed by atoms with van der Waals surface area (Å²) in [6, 6.07) is 23.3. The summed E-state index contributed by atoms with van der Waals surface area (Å²) in [5, 5.41) is 9.87. The van der Waals surface area contributed by atoms with Crippen LogP contribution in [0.3, 0.4) is 0 Å². The number of carbonyl (C=O) groups excluding carboxylic acids is 1. The molecule has 2 unspecified atom stereocenters. The Morgan fingerprint density at radius 2 is 1.47 bits per heavy atom. The predicted octanol–water partition coefficient (Wildman–Crippen LogP) is 4.63. The van der Waals surface area contributed by atoms with Crippen molar-refractivity contribution in [2.45, 2.75) is 17.7 Å². The van der Waals surface area contributed by atoms with Crippen LogP contribution in [0, 0.1) is 5.82 Å². The Labute approximate surface area is 184 Å². The smallest absolute Gasteiger partial charge is 0.412 e. The fraction of sp³-hybridized carbons (Fsp3) is 0.200. The second-order valence-corrected chi connectivity index (χ2v) is 8.01. The predicted molar refractivity (Wildman–Crippen MR) is 115 cm³/mol. The zero-order chi connectivity index (χ0) is 22.3. The van der Waals surface area contributed by atoms with Crippen molar-refractivity contribution in [1.82, 2.24) is 9.80 Å². The molecule has 162 valence electrons. The Kier molecular flexibility index (Phi) is 4.81. The number of hydrogen-bond acceptors (Lipinski definition) is 3. The van der Waals surface area contributed by atoms with E-state index in [-0.39, 0.29) is 13.1 Å². The molecule has 6 nitrogen and oxygen atoms in total. The Morgan fingerprint density at radius 3 is 2.00 bits per heavy atom. The number of carboxylic acid groups (broad SMARTS) is 1. The minimum Gasteiger partial charge on any atom is -0.465 e. The molecule has 2 heterocycles. The lowest BCUT2D eigenvalue weighted by atomic mass is 9.78. The van der Waals surface area contributed by atoms with Gasteiger partial charge in [-0.15, -0.1) is 0 Å². The maximum atomic E-state index is 13.6. The van der Waals surface area contributed by atoms with Crippen LogP contribution < -0.4 is 0 Å². The standard InChI is InChI=1S/C25H21FN2O4/c26-20-13-11-17(12-14-20)21-15-27(23(29)30)16-22-25(32-24(31)28(21)22,18-7-3-1-4-8-18)19-9-5-2-6-10-19/h1-14,21-22H,15-16H2,(H,29,30). The van der Waals surface area contributed by atoms with Gasteiger partial charge in [0.15, 0.2) is 5.60 Å². The molecule has 2 aliphatic rings. The van der Waals surface area contributed by atoms with Crippen molar-refractivity contribution in [1.29, 1.82) is 0 Å². The lowest BCUT2D eigenvalue weighted by Gasteiger charge is -2.45. The molecule has 3 aromatic carbocycles. The fourth-order valence-electron chi connectivity index (χ4n) is 4.87. The van der Waals surface area contributed by atoms with Crippen LogP contribution in [-0.4, -0.2) is 46.2 Å². The van der Waals surface area contributed by atoms with Crippen molar-refractivity contribution < 1.29 is 23.8 Å². The molecular formula is C25H21FN2O4. The molecule has 0 radical (unpaired) electrons. The summed E-state index contributed by atoms with van der Waals surface area (Å²) in [4.78, 5) is 28.3. The minimum absolute atomic E-state index is 0.0756. The summed E-state index contributed by atoms with van der Waals surface area (Å²) in [6.07, 6.45) is -1.60. The van der Waals surface area contributed by atoms with E-state index in [1.807, 2.05) is 60.7 Å². The van der Waals surface area contributed by atoms with Gasteiger partial charge in [-0.1, -0.05) is 72.8 Å². The summed E-state index contributed by atoms with van der Waals surface area (Å²) < 4.78 is 19.7. The maximum absolute atomic E-state index is 13.6. The number of amides is 2. The molecule has 0 bridgehead atoms. The molecule has 2 amide bonds. The van der Waals surface area contributed by atoms with Gasteiger partial charge in [-0.3, -0.25) is 4.90 Å². The molecule has 7 heteroatoms.